The largest absolute Gasteiger partial charge is 0.508 e. The van der Waals surface area contributed by atoms with Crippen molar-refractivity contribution in [2.24, 2.45) is 0 Å². The number of aliphatic carboxylic acids is 4. The fourth-order valence-electron chi connectivity index (χ4n) is 3.28. The summed E-state index contributed by atoms with van der Waals surface area (Å²) in [5.41, 5.74) is 1.08. The molecule has 0 aliphatic carbocycles. The maximum absolute atomic E-state index is 11.2. The number of carbonyl (C=O) groups is 4. The summed E-state index contributed by atoms with van der Waals surface area (Å²) in [7, 11) is 0. The molecule has 0 saturated heterocycles. The zero-order valence-corrected chi connectivity index (χ0v) is 19.3. The minimum absolute atomic E-state index is 0.0464. The minimum atomic E-state index is -1.28. The first-order chi connectivity index (χ1) is 17.0. The van der Waals surface area contributed by atoms with Gasteiger partial charge in [-0.1, -0.05) is 6.07 Å². The molecule has 0 unspecified atom stereocenters. The van der Waals surface area contributed by atoms with Crippen LogP contribution in [0, 0.1) is 6.92 Å². The summed E-state index contributed by atoms with van der Waals surface area (Å²) in [6.45, 7) is -0.853. The Labute approximate surface area is 205 Å². The molecule has 0 radical (unpaired) electrons. The SMILES string of the molecule is Cc1ccc(N(CC(=O)O)CC(=O)O)c(OCCOc2ccc(O)cc2N(CC(=O)O)CC(=O)O)c1. The van der Waals surface area contributed by atoms with Gasteiger partial charge in [0.1, 0.15) is 56.6 Å². The van der Waals surface area contributed by atoms with Crippen LogP contribution in [0.4, 0.5) is 11.4 Å². The molecule has 194 valence electrons. The number of hydrogen-bond donors (Lipinski definition) is 5. The highest BCUT2D eigenvalue weighted by molar-refractivity contribution is 5.82. The van der Waals surface area contributed by atoms with Crippen LogP contribution in [0.2, 0.25) is 0 Å². The first-order valence-electron chi connectivity index (χ1n) is 10.5. The molecular formula is C23H26N2O11. The van der Waals surface area contributed by atoms with Crippen LogP contribution in [0.15, 0.2) is 36.4 Å². The van der Waals surface area contributed by atoms with Crippen LogP contribution in [0.3, 0.4) is 0 Å². The van der Waals surface area contributed by atoms with Gasteiger partial charge in [-0.25, -0.2) is 0 Å². The van der Waals surface area contributed by atoms with Gasteiger partial charge in [-0.3, -0.25) is 19.2 Å². The van der Waals surface area contributed by atoms with E-state index >= 15 is 0 Å². The average Bonchev–Trinajstić information content (AvgIpc) is 2.75. The van der Waals surface area contributed by atoms with E-state index in [4.69, 9.17) is 29.9 Å². The number of rotatable bonds is 15. The molecule has 0 saturated carbocycles. The smallest absolute Gasteiger partial charge is 0.323 e. The standard InChI is InChI=1S/C23H26N2O11/c1-14-2-4-16(24(10-20(27)28)11-21(29)30)19(8-14)36-7-6-35-18-5-3-15(26)9-17(18)25(12-22(31)32)13-23(33)34/h2-5,8-9,26H,6-7,10-13H2,1H3,(H,27,28)(H,29,30)(H,31,32)(H,33,34). The third-order valence-corrected chi connectivity index (χ3v) is 4.64. The second kappa shape index (κ2) is 12.7. The highest BCUT2D eigenvalue weighted by Gasteiger charge is 2.20. The molecule has 2 aromatic rings. The average molecular weight is 506 g/mol. The van der Waals surface area contributed by atoms with E-state index in [0.717, 1.165) is 15.4 Å². The molecule has 0 spiro atoms. The van der Waals surface area contributed by atoms with Crippen molar-refractivity contribution in [1.29, 1.82) is 0 Å². The number of carboxylic acids is 4. The van der Waals surface area contributed by atoms with Crippen molar-refractivity contribution in [2.45, 2.75) is 6.92 Å². The van der Waals surface area contributed by atoms with Gasteiger partial charge in [-0.2, -0.15) is 0 Å². The highest BCUT2D eigenvalue weighted by atomic mass is 16.5. The summed E-state index contributed by atoms with van der Waals surface area (Å²) < 4.78 is 11.4. The van der Waals surface area contributed by atoms with E-state index in [1.54, 1.807) is 25.1 Å². The van der Waals surface area contributed by atoms with Gasteiger partial charge in [0.2, 0.25) is 0 Å². The van der Waals surface area contributed by atoms with Crippen LogP contribution in [0.25, 0.3) is 0 Å². The van der Waals surface area contributed by atoms with E-state index in [2.05, 4.69) is 0 Å². The summed E-state index contributed by atoms with van der Waals surface area (Å²) in [5, 5.41) is 46.4. The van der Waals surface area contributed by atoms with Crippen molar-refractivity contribution in [3.05, 3.63) is 42.0 Å². The molecule has 5 N–H and O–H groups in total. The van der Waals surface area contributed by atoms with Crippen LogP contribution >= 0.6 is 0 Å². The predicted molar refractivity (Wildman–Crippen MR) is 125 cm³/mol. The van der Waals surface area contributed by atoms with E-state index in [0.29, 0.717) is 0 Å². The van der Waals surface area contributed by atoms with Crippen molar-refractivity contribution in [3.63, 3.8) is 0 Å². The Balaban J connectivity index is 2.19. The van der Waals surface area contributed by atoms with E-state index in [1.807, 2.05) is 0 Å². The summed E-state index contributed by atoms with van der Waals surface area (Å²) in [4.78, 5) is 47.0. The van der Waals surface area contributed by atoms with E-state index in [9.17, 15) is 24.3 Å². The topological polar surface area (TPSA) is 194 Å². The number of phenols is 1. The molecule has 2 rings (SSSR count). The first kappa shape index (κ1) is 27.6. The lowest BCUT2D eigenvalue weighted by Gasteiger charge is -2.25. The van der Waals surface area contributed by atoms with Gasteiger partial charge in [-0.15, -0.1) is 0 Å². The molecule has 2 aromatic carbocycles. The molecule has 0 aliphatic heterocycles. The second-order valence-corrected chi connectivity index (χ2v) is 7.61. The van der Waals surface area contributed by atoms with Crippen LogP contribution in [-0.2, 0) is 19.2 Å². The van der Waals surface area contributed by atoms with Crippen molar-refractivity contribution in [3.8, 4) is 17.2 Å². The summed E-state index contributed by atoms with van der Waals surface area (Å²) in [5.74, 6) is -4.92. The van der Waals surface area contributed by atoms with Gasteiger partial charge in [0.05, 0.1) is 11.4 Å². The number of ether oxygens (including phenoxy) is 2. The second-order valence-electron chi connectivity index (χ2n) is 7.61. The minimum Gasteiger partial charge on any atom is -0.508 e. The molecule has 0 atom stereocenters. The number of aryl methyl sites for hydroxylation is 1. The fourth-order valence-corrected chi connectivity index (χ4v) is 3.28. The molecule has 0 amide bonds. The molecular weight excluding hydrogens is 480 g/mol. The van der Waals surface area contributed by atoms with Gasteiger partial charge in [0.15, 0.2) is 0 Å². The molecule has 0 aliphatic rings. The molecule has 36 heavy (non-hydrogen) atoms. The lowest BCUT2D eigenvalue weighted by molar-refractivity contribution is -0.138. The Morgan fingerprint density at radius 1 is 0.667 bits per heavy atom. The van der Waals surface area contributed by atoms with Gasteiger partial charge >= 0.3 is 23.9 Å². The van der Waals surface area contributed by atoms with E-state index in [-0.39, 0.29) is 41.8 Å². The summed E-state index contributed by atoms with van der Waals surface area (Å²) in [6, 6.07) is 8.65. The zero-order valence-electron chi connectivity index (χ0n) is 19.3. The lowest BCUT2D eigenvalue weighted by Crippen LogP contribution is -2.35. The number of hydrogen-bond acceptors (Lipinski definition) is 9. The number of anilines is 2. The van der Waals surface area contributed by atoms with Crippen LogP contribution in [0.1, 0.15) is 5.56 Å². The number of phenolic OH excluding ortho intramolecular Hbond substituents is 1. The quantitative estimate of drug-likeness (QED) is 0.216. The first-order valence-corrected chi connectivity index (χ1v) is 10.5. The van der Waals surface area contributed by atoms with Gasteiger partial charge < -0.3 is 44.8 Å². The third-order valence-electron chi connectivity index (χ3n) is 4.64. The van der Waals surface area contributed by atoms with Crippen molar-refractivity contribution < 1.29 is 54.2 Å². The van der Waals surface area contributed by atoms with Crippen molar-refractivity contribution in [2.75, 3.05) is 49.2 Å². The molecule has 13 nitrogen and oxygen atoms in total. The fraction of sp³-hybridized carbons (Fsp3) is 0.304. The molecule has 0 heterocycles. The summed E-state index contributed by atoms with van der Waals surface area (Å²) in [6.07, 6.45) is 0. The van der Waals surface area contributed by atoms with Gasteiger partial charge in [-0.05, 0) is 36.8 Å². The summed E-state index contributed by atoms with van der Waals surface area (Å²) >= 11 is 0. The monoisotopic (exact) mass is 506 g/mol. The highest BCUT2D eigenvalue weighted by Crippen LogP contribution is 2.33. The molecule has 13 heteroatoms. The number of aromatic hydroxyl groups is 1. The number of carboxylic acid groups (broad SMARTS) is 4. The Morgan fingerprint density at radius 2 is 1.14 bits per heavy atom. The Hall–Kier alpha value is -4.68. The third kappa shape index (κ3) is 8.59. The maximum atomic E-state index is 11.2. The van der Waals surface area contributed by atoms with Crippen molar-refractivity contribution in [1.82, 2.24) is 0 Å². The number of benzene rings is 2. The van der Waals surface area contributed by atoms with Crippen LogP contribution in [0.5, 0.6) is 17.2 Å². The van der Waals surface area contributed by atoms with Gasteiger partial charge in [0, 0.05) is 6.07 Å². The normalized spacial score (nSPS) is 10.4. The van der Waals surface area contributed by atoms with Crippen LogP contribution in [-0.4, -0.2) is 88.8 Å². The van der Waals surface area contributed by atoms with E-state index in [1.165, 1.54) is 18.2 Å². The van der Waals surface area contributed by atoms with Gasteiger partial charge in [0.25, 0.3) is 0 Å². The molecule has 0 fully saturated rings. The maximum Gasteiger partial charge on any atom is 0.323 e. The molecule has 0 aromatic heterocycles. The zero-order chi connectivity index (χ0) is 26.8. The Bertz CT molecular complexity index is 1090. The van der Waals surface area contributed by atoms with Crippen molar-refractivity contribution >= 4 is 35.3 Å². The Morgan fingerprint density at radius 3 is 1.64 bits per heavy atom. The lowest BCUT2D eigenvalue weighted by atomic mass is 10.2. The van der Waals surface area contributed by atoms with Crippen LogP contribution < -0.4 is 19.3 Å². The number of nitrogens with zero attached hydrogens (tertiary/aromatic N) is 2. The predicted octanol–water partition coefficient (Wildman–Crippen LogP) is 1.11. The van der Waals surface area contributed by atoms with E-state index < -0.39 is 50.1 Å². The Kier molecular flexibility index (Phi) is 9.72. The molecule has 0 bridgehead atoms.